The normalized spacial score (nSPS) is 12.3. The highest BCUT2D eigenvalue weighted by Crippen LogP contribution is 2.33. The highest BCUT2D eigenvalue weighted by Gasteiger charge is 2.11. The van der Waals surface area contributed by atoms with Crippen LogP contribution in [0.1, 0.15) is 6.92 Å². The first-order valence-electron chi connectivity index (χ1n) is 5.57. The molecule has 0 heterocycles. The smallest absolute Gasteiger partial charge is 0.234 e. The van der Waals surface area contributed by atoms with Gasteiger partial charge in [-0.1, -0.05) is 41.7 Å². The lowest BCUT2D eigenvalue weighted by Crippen LogP contribution is -2.16. The summed E-state index contributed by atoms with van der Waals surface area (Å²) in [5.41, 5.74) is 0.369. The molecule has 0 fully saturated rings. The van der Waals surface area contributed by atoms with Gasteiger partial charge in [0.2, 0.25) is 5.91 Å². The van der Waals surface area contributed by atoms with E-state index in [2.05, 4.69) is 5.32 Å². The first-order chi connectivity index (χ1) is 8.93. The van der Waals surface area contributed by atoms with Crippen LogP contribution in [0.4, 0.5) is 5.69 Å². The molecule has 0 aliphatic rings. The molecule has 0 spiro atoms. The van der Waals surface area contributed by atoms with Crippen molar-refractivity contribution in [3.63, 3.8) is 0 Å². The van der Waals surface area contributed by atoms with Crippen molar-refractivity contribution < 1.29 is 9.90 Å². The highest BCUT2D eigenvalue weighted by molar-refractivity contribution is 7.99. The molecule has 1 atom stereocenters. The van der Waals surface area contributed by atoms with Crippen LogP contribution < -0.4 is 5.32 Å². The molecule has 1 rings (SSSR count). The number of hydrogen-bond acceptors (Lipinski definition) is 3. The standard InChI is InChI=1S/C12H14Cl3NO2S/c1-7(4-17)5-19-6-11(18)16-12-9(14)2-8(13)3-10(12)15/h2-3,7,17H,4-6H2,1H3,(H,16,18). The zero-order valence-electron chi connectivity index (χ0n) is 10.3. The number of halogens is 3. The van der Waals surface area contributed by atoms with Crippen LogP contribution in [0, 0.1) is 5.92 Å². The fraction of sp³-hybridized carbons (Fsp3) is 0.417. The summed E-state index contributed by atoms with van der Waals surface area (Å²) in [6.45, 7) is 2.03. The predicted molar refractivity (Wildman–Crippen MR) is 83.7 cm³/mol. The minimum absolute atomic E-state index is 0.115. The van der Waals surface area contributed by atoms with Crippen LogP contribution in [0.5, 0.6) is 0 Å². The van der Waals surface area contributed by atoms with Crippen LogP contribution >= 0.6 is 46.6 Å². The number of hydrogen-bond donors (Lipinski definition) is 2. The molecule has 2 N–H and O–H groups in total. The van der Waals surface area contributed by atoms with E-state index >= 15 is 0 Å². The zero-order chi connectivity index (χ0) is 14.4. The molecule has 1 aromatic rings. The third-order valence-corrected chi connectivity index (χ3v) is 4.30. The summed E-state index contributed by atoms with van der Waals surface area (Å²) in [5, 5.41) is 12.6. The van der Waals surface area contributed by atoms with E-state index in [1.165, 1.54) is 23.9 Å². The van der Waals surface area contributed by atoms with Crippen molar-refractivity contribution in [3.05, 3.63) is 27.2 Å². The molecule has 0 aromatic heterocycles. The second kappa shape index (κ2) is 8.22. The minimum Gasteiger partial charge on any atom is -0.396 e. The SMILES string of the molecule is CC(CO)CSCC(=O)Nc1c(Cl)cc(Cl)cc1Cl. The lowest BCUT2D eigenvalue weighted by Gasteiger charge is -2.10. The lowest BCUT2D eigenvalue weighted by molar-refractivity contribution is -0.113. The van der Waals surface area contributed by atoms with Gasteiger partial charge in [-0.25, -0.2) is 0 Å². The Labute approximate surface area is 131 Å². The molecule has 1 unspecified atom stereocenters. The number of benzene rings is 1. The Morgan fingerprint density at radius 3 is 2.47 bits per heavy atom. The number of rotatable bonds is 6. The van der Waals surface area contributed by atoms with Crippen molar-refractivity contribution in [2.75, 3.05) is 23.4 Å². The number of amides is 1. The highest BCUT2D eigenvalue weighted by atomic mass is 35.5. The van der Waals surface area contributed by atoms with E-state index < -0.39 is 0 Å². The van der Waals surface area contributed by atoms with E-state index in [0.29, 0.717) is 26.5 Å². The Balaban J connectivity index is 2.53. The van der Waals surface area contributed by atoms with Crippen LogP contribution in [0.2, 0.25) is 15.1 Å². The summed E-state index contributed by atoms with van der Waals surface area (Å²) >= 11 is 19.2. The first-order valence-corrected chi connectivity index (χ1v) is 7.86. The Bertz CT molecular complexity index is 434. The van der Waals surface area contributed by atoms with Gasteiger partial charge in [0.05, 0.1) is 21.5 Å². The van der Waals surface area contributed by atoms with Gasteiger partial charge in [0, 0.05) is 11.6 Å². The fourth-order valence-corrected chi connectivity index (χ4v) is 3.04. The van der Waals surface area contributed by atoms with Gasteiger partial charge in [-0.15, -0.1) is 0 Å². The molecule has 0 saturated carbocycles. The van der Waals surface area contributed by atoms with Gasteiger partial charge in [0.25, 0.3) is 0 Å². The molecule has 1 aromatic carbocycles. The predicted octanol–water partition coefficient (Wildman–Crippen LogP) is 3.95. The summed E-state index contributed by atoms with van der Waals surface area (Å²) in [6, 6.07) is 3.04. The third kappa shape index (κ3) is 5.79. The van der Waals surface area contributed by atoms with Crippen molar-refractivity contribution >= 4 is 58.2 Å². The number of carbonyl (C=O) groups is 1. The van der Waals surface area contributed by atoms with Gasteiger partial charge in [-0.3, -0.25) is 4.79 Å². The quantitative estimate of drug-likeness (QED) is 0.823. The first kappa shape index (κ1) is 16.9. The molecular formula is C12H14Cl3NO2S. The van der Waals surface area contributed by atoms with E-state index in [4.69, 9.17) is 39.9 Å². The van der Waals surface area contributed by atoms with Crippen LogP contribution in [-0.2, 0) is 4.79 Å². The van der Waals surface area contributed by atoms with Gasteiger partial charge in [0.1, 0.15) is 0 Å². The molecule has 106 valence electrons. The maximum Gasteiger partial charge on any atom is 0.234 e. The monoisotopic (exact) mass is 341 g/mol. The molecule has 1 amide bonds. The summed E-state index contributed by atoms with van der Waals surface area (Å²) in [5.74, 6) is 0.966. The second-order valence-electron chi connectivity index (χ2n) is 4.10. The summed E-state index contributed by atoms with van der Waals surface area (Å²) < 4.78 is 0. The van der Waals surface area contributed by atoms with Crippen LogP contribution in [-0.4, -0.2) is 29.1 Å². The maximum absolute atomic E-state index is 11.7. The van der Waals surface area contributed by atoms with E-state index in [1.807, 2.05) is 6.92 Å². The maximum atomic E-state index is 11.7. The summed E-state index contributed by atoms with van der Waals surface area (Å²) in [7, 11) is 0. The topological polar surface area (TPSA) is 49.3 Å². The average Bonchev–Trinajstić information content (AvgIpc) is 2.33. The molecule has 0 saturated heterocycles. The number of thioether (sulfide) groups is 1. The molecule has 0 aliphatic heterocycles. The summed E-state index contributed by atoms with van der Waals surface area (Å²) in [4.78, 5) is 11.7. The number of nitrogens with one attached hydrogen (secondary N) is 1. The van der Waals surface area contributed by atoms with E-state index in [-0.39, 0.29) is 24.2 Å². The van der Waals surface area contributed by atoms with Crippen molar-refractivity contribution in [2.45, 2.75) is 6.92 Å². The number of anilines is 1. The Kier molecular flexibility index (Phi) is 7.32. The molecule has 0 radical (unpaired) electrons. The van der Waals surface area contributed by atoms with Gasteiger partial charge < -0.3 is 10.4 Å². The molecule has 19 heavy (non-hydrogen) atoms. The molecule has 0 bridgehead atoms. The van der Waals surface area contributed by atoms with Crippen molar-refractivity contribution in [3.8, 4) is 0 Å². The van der Waals surface area contributed by atoms with Crippen molar-refractivity contribution in [2.24, 2.45) is 5.92 Å². The van der Waals surface area contributed by atoms with E-state index in [0.717, 1.165) is 0 Å². The second-order valence-corrected chi connectivity index (χ2v) is 6.38. The van der Waals surface area contributed by atoms with E-state index in [1.54, 1.807) is 0 Å². The van der Waals surface area contributed by atoms with Crippen LogP contribution in [0.3, 0.4) is 0 Å². The van der Waals surface area contributed by atoms with E-state index in [9.17, 15) is 4.79 Å². The van der Waals surface area contributed by atoms with Gasteiger partial charge in [0.15, 0.2) is 0 Å². The molecule has 3 nitrogen and oxygen atoms in total. The average molecular weight is 343 g/mol. The Hall–Kier alpha value is -0.130. The van der Waals surface area contributed by atoms with Crippen LogP contribution in [0.25, 0.3) is 0 Å². The van der Waals surface area contributed by atoms with Gasteiger partial charge in [-0.2, -0.15) is 11.8 Å². The Morgan fingerprint density at radius 2 is 1.95 bits per heavy atom. The van der Waals surface area contributed by atoms with Crippen LogP contribution in [0.15, 0.2) is 12.1 Å². The van der Waals surface area contributed by atoms with Gasteiger partial charge >= 0.3 is 0 Å². The van der Waals surface area contributed by atoms with Crippen molar-refractivity contribution in [1.29, 1.82) is 0 Å². The molecule has 7 heteroatoms. The lowest BCUT2D eigenvalue weighted by atomic mass is 10.2. The molecular weight excluding hydrogens is 329 g/mol. The largest absolute Gasteiger partial charge is 0.396 e. The number of aliphatic hydroxyl groups excluding tert-OH is 1. The van der Waals surface area contributed by atoms with Crippen molar-refractivity contribution in [1.82, 2.24) is 0 Å². The third-order valence-electron chi connectivity index (χ3n) is 2.22. The number of aliphatic hydroxyl groups is 1. The number of carbonyl (C=O) groups excluding carboxylic acids is 1. The summed E-state index contributed by atoms with van der Waals surface area (Å²) in [6.07, 6.45) is 0. The zero-order valence-corrected chi connectivity index (χ0v) is 13.3. The fourth-order valence-electron chi connectivity index (χ4n) is 1.24. The minimum atomic E-state index is -0.193. The van der Waals surface area contributed by atoms with Gasteiger partial charge in [-0.05, 0) is 23.8 Å². The molecule has 0 aliphatic carbocycles. The Morgan fingerprint density at radius 1 is 1.37 bits per heavy atom.